The highest BCUT2D eigenvalue weighted by Gasteiger charge is 2.10. The van der Waals surface area contributed by atoms with Gasteiger partial charge >= 0.3 is 5.69 Å². The molecule has 0 radical (unpaired) electrons. The van der Waals surface area contributed by atoms with Crippen LogP contribution in [0.15, 0.2) is 41.3 Å². The molecule has 0 unspecified atom stereocenters. The molecule has 1 heterocycles. The van der Waals surface area contributed by atoms with E-state index in [1.807, 2.05) is 0 Å². The van der Waals surface area contributed by atoms with E-state index in [1.54, 1.807) is 31.4 Å². The summed E-state index contributed by atoms with van der Waals surface area (Å²) in [5.74, 6) is 0.419. The number of benzene rings is 1. The van der Waals surface area contributed by atoms with Gasteiger partial charge in [-0.2, -0.15) is 0 Å². The van der Waals surface area contributed by atoms with Gasteiger partial charge in [-0.25, -0.2) is 9.78 Å². The van der Waals surface area contributed by atoms with E-state index in [9.17, 15) is 14.4 Å². The highest BCUT2D eigenvalue weighted by atomic mass is 16.5. The minimum Gasteiger partial charge on any atom is -0.497 e. The standard InChI is InChI=1S/C15H15N3O4/c1-22-11-4-2-10(3-5-11)12(19)6-7-14(20)17-13-8-9-16-15(21)18-13/h2-5,8-9H,6-7H2,1H3,(H2,16,17,18,20,21). The van der Waals surface area contributed by atoms with E-state index in [-0.39, 0.29) is 30.3 Å². The summed E-state index contributed by atoms with van der Waals surface area (Å²) in [7, 11) is 1.55. The number of anilines is 1. The molecular weight excluding hydrogens is 286 g/mol. The first-order valence-corrected chi connectivity index (χ1v) is 6.61. The normalized spacial score (nSPS) is 10.0. The number of H-pyrrole nitrogens is 1. The Kier molecular flexibility index (Phi) is 5.02. The maximum Gasteiger partial charge on any atom is 0.346 e. The lowest BCUT2D eigenvalue weighted by Gasteiger charge is -2.05. The van der Waals surface area contributed by atoms with Crippen molar-refractivity contribution in [3.05, 3.63) is 52.6 Å². The van der Waals surface area contributed by atoms with Gasteiger partial charge in [-0.15, -0.1) is 0 Å². The summed E-state index contributed by atoms with van der Waals surface area (Å²) in [6.45, 7) is 0. The van der Waals surface area contributed by atoms with Crippen molar-refractivity contribution in [2.75, 3.05) is 12.4 Å². The zero-order valence-electron chi connectivity index (χ0n) is 12.0. The van der Waals surface area contributed by atoms with Crippen molar-refractivity contribution in [2.24, 2.45) is 0 Å². The molecule has 0 fully saturated rings. The average molecular weight is 301 g/mol. The molecule has 1 aromatic carbocycles. The fraction of sp³-hybridized carbons (Fsp3) is 0.200. The van der Waals surface area contributed by atoms with Gasteiger partial charge in [0.05, 0.1) is 7.11 Å². The number of methoxy groups -OCH3 is 1. The minimum atomic E-state index is -0.549. The number of aromatic nitrogens is 2. The average Bonchev–Trinajstić information content (AvgIpc) is 2.52. The summed E-state index contributed by atoms with van der Waals surface area (Å²) >= 11 is 0. The molecule has 0 saturated carbocycles. The SMILES string of the molecule is COc1ccc(C(=O)CCC(=O)Nc2ccnc(=O)[nH]2)cc1. The van der Waals surface area contributed by atoms with Crippen molar-refractivity contribution in [1.29, 1.82) is 0 Å². The van der Waals surface area contributed by atoms with E-state index in [2.05, 4.69) is 15.3 Å². The van der Waals surface area contributed by atoms with Crippen LogP contribution in [0, 0.1) is 0 Å². The lowest BCUT2D eigenvalue weighted by atomic mass is 10.1. The highest BCUT2D eigenvalue weighted by molar-refractivity contribution is 5.99. The third kappa shape index (κ3) is 4.27. The Morgan fingerprint density at radius 2 is 1.91 bits per heavy atom. The van der Waals surface area contributed by atoms with E-state index in [0.717, 1.165) is 0 Å². The summed E-state index contributed by atoms with van der Waals surface area (Å²) in [5.41, 5.74) is -0.0296. The molecule has 0 spiro atoms. The van der Waals surface area contributed by atoms with E-state index in [4.69, 9.17) is 4.74 Å². The molecule has 0 bridgehead atoms. The molecule has 0 aliphatic heterocycles. The van der Waals surface area contributed by atoms with Crippen LogP contribution in [0.4, 0.5) is 5.82 Å². The van der Waals surface area contributed by atoms with Crippen LogP contribution in [0.25, 0.3) is 0 Å². The predicted molar refractivity (Wildman–Crippen MR) is 80.0 cm³/mol. The summed E-state index contributed by atoms with van der Waals surface area (Å²) in [4.78, 5) is 40.5. The second kappa shape index (κ2) is 7.16. The highest BCUT2D eigenvalue weighted by Crippen LogP contribution is 2.13. The number of nitrogens with zero attached hydrogens (tertiary/aromatic N) is 1. The molecule has 7 nitrogen and oxygen atoms in total. The molecule has 7 heteroatoms. The lowest BCUT2D eigenvalue weighted by Crippen LogP contribution is -2.18. The van der Waals surface area contributed by atoms with Crippen LogP contribution in [0.5, 0.6) is 5.75 Å². The Bertz CT molecular complexity index is 722. The molecule has 0 saturated heterocycles. The van der Waals surface area contributed by atoms with Crippen molar-refractivity contribution in [2.45, 2.75) is 12.8 Å². The second-order valence-electron chi connectivity index (χ2n) is 4.49. The fourth-order valence-electron chi connectivity index (χ4n) is 1.80. The summed E-state index contributed by atoms with van der Waals surface area (Å²) in [5, 5.41) is 2.50. The predicted octanol–water partition coefficient (Wildman–Crippen LogP) is 1.38. The Morgan fingerprint density at radius 3 is 2.55 bits per heavy atom. The number of nitrogens with one attached hydrogen (secondary N) is 2. The number of ketones is 1. The lowest BCUT2D eigenvalue weighted by molar-refractivity contribution is -0.116. The zero-order valence-corrected chi connectivity index (χ0v) is 12.0. The number of Topliss-reactive ketones (excluding diaryl/α,β-unsaturated/α-hetero) is 1. The molecule has 1 aromatic heterocycles. The number of carbonyl (C=O) groups is 2. The van der Waals surface area contributed by atoms with Crippen LogP contribution >= 0.6 is 0 Å². The van der Waals surface area contributed by atoms with Gasteiger partial charge in [-0.3, -0.25) is 14.6 Å². The fourth-order valence-corrected chi connectivity index (χ4v) is 1.80. The van der Waals surface area contributed by atoms with E-state index in [0.29, 0.717) is 11.3 Å². The number of rotatable bonds is 6. The Labute approximate surface area is 126 Å². The van der Waals surface area contributed by atoms with Crippen molar-refractivity contribution in [1.82, 2.24) is 9.97 Å². The van der Waals surface area contributed by atoms with Crippen LogP contribution in [-0.4, -0.2) is 28.8 Å². The number of ether oxygens (including phenoxy) is 1. The summed E-state index contributed by atoms with van der Waals surface area (Å²) < 4.78 is 5.01. The Hall–Kier alpha value is -2.96. The number of carbonyl (C=O) groups excluding carboxylic acids is 2. The van der Waals surface area contributed by atoms with Crippen molar-refractivity contribution in [3.63, 3.8) is 0 Å². The first-order valence-electron chi connectivity index (χ1n) is 6.61. The molecule has 0 aliphatic rings. The summed E-state index contributed by atoms with van der Waals surface area (Å²) in [6, 6.07) is 8.15. The van der Waals surface area contributed by atoms with Crippen LogP contribution in [0.3, 0.4) is 0 Å². The largest absolute Gasteiger partial charge is 0.497 e. The van der Waals surface area contributed by atoms with Gasteiger partial charge in [0, 0.05) is 24.6 Å². The van der Waals surface area contributed by atoms with Gasteiger partial charge < -0.3 is 10.1 Å². The molecule has 2 rings (SSSR count). The molecular formula is C15H15N3O4. The first kappa shape index (κ1) is 15.4. The number of aromatic amines is 1. The van der Waals surface area contributed by atoms with Crippen molar-refractivity contribution in [3.8, 4) is 5.75 Å². The van der Waals surface area contributed by atoms with Crippen LogP contribution in [0.2, 0.25) is 0 Å². The van der Waals surface area contributed by atoms with Gasteiger partial charge in [0.1, 0.15) is 11.6 Å². The molecule has 1 amide bonds. The second-order valence-corrected chi connectivity index (χ2v) is 4.49. The molecule has 2 aromatic rings. The van der Waals surface area contributed by atoms with Gasteiger partial charge in [0.15, 0.2) is 5.78 Å². The van der Waals surface area contributed by atoms with Crippen molar-refractivity contribution < 1.29 is 14.3 Å². The van der Waals surface area contributed by atoms with Gasteiger partial charge in [0.2, 0.25) is 5.91 Å². The van der Waals surface area contributed by atoms with Crippen molar-refractivity contribution >= 4 is 17.5 Å². The Morgan fingerprint density at radius 1 is 1.18 bits per heavy atom. The smallest absolute Gasteiger partial charge is 0.346 e. The minimum absolute atomic E-state index is 0.0230. The third-order valence-corrected chi connectivity index (χ3v) is 2.94. The zero-order chi connectivity index (χ0) is 15.9. The molecule has 22 heavy (non-hydrogen) atoms. The van der Waals surface area contributed by atoms with E-state index >= 15 is 0 Å². The van der Waals surface area contributed by atoms with Crippen LogP contribution < -0.4 is 15.7 Å². The van der Waals surface area contributed by atoms with Gasteiger partial charge in [-0.1, -0.05) is 0 Å². The first-order chi connectivity index (χ1) is 10.6. The monoisotopic (exact) mass is 301 g/mol. The van der Waals surface area contributed by atoms with E-state index < -0.39 is 5.69 Å². The number of hydrogen-bond donors (Lipinski definition) is 2. The maximum atomic E-state index is 12.0. The molecule has 114 valence electrons. The molecule has 2 N–H and O–H groups in total. The van der Waals surface area contributed by atoms with Crippen LogP contribution in [-0.2, 0) is 4.79 Å². The summed E-state index contributed by atoms with van der Waals surface area (Å²) in [6.07, 6.45) is 1.39. The topological polar surface area (TPSA) is 101 Å². The molecule has 0 aliphatic carbocycles. The third-order valence-electron chi connectivity index (χ3n) is 2.94. The molecule has 0 atom stereocenters. The number of amides is 1. The van der Waals surface area contributed by atoms with Gasteiger partial charge in [-0.05, 0) is 30.3 Å². The Balaban J connectivity index is 1.87. The van der Waals surface area contributed by atoms with Crippen LogP contribution in [0.1, 0.15) is 23.2 Å². The maximum absolute atomic E-state index is 12.0. The number of hydrogen-bond acceptors (Lipinski definition) is 5. The van der Waals surface area contributed by atoms with Gasteiger partial charge in [0.25, 0.3) is 0 Å². The van der Waals surface area contributed by atoms with E-state index in [1.165, 1.54) is 12.3 Å². The quantitative estimate of drug-likeness (QED) is 0.785.